The van der Waals surface area contributed by atoms with Crippen LogP contribution in [0.15, 0.2) is 35.3 Å². The molecule has 0 atom stereocenters. The van der Waals surface area contributed by atoms with E-state index in [9.17, 15) is 0 Å². The number of halogens is 1. The summed E-state index contributed by atoms with van der Waals surface area (Å²) in [5.41, 5.74) is 2.83. The van der Waals surface area contributed by atoms with Gasteiger partial charge in [-0.05, 0) is 17.0 Å². The molecular weight excluding hydrogens is 256 g/mol. The van der Waals surface area contributed by atoms with Crippen molar-refractivity contribution in [1.29, 1.82) is 0 Å². The van der Waals surface area contributed by atoms with Crippen LogP contribution in [0.5, 0.6) is 0 Å². The maximum absolute atomic E-state index is 4.24. The molecule has 4 nitrogen and oxygen atoms in total. The third-order valence-electron chi connectivity index (χ3n) is 2.25. The lowest BCUT2D eigenvalue weighted by molar-refractivity contribution is 1.09. The number of pyridine rings is 1. The highest BCUT2D eigenvalue weighted by Gasteiger charge is 2.02. The molecule has 0 spiro atoms. The zero-order valence-electron chi connectivity index (χ0n) is 7.61. The van der Waals surface area contributed by atoms with Crippen molar-refractivity contribution in [3.63, 3.8) is 0 Å². The van der Waals surface area contributed by atoms with Crippen LogP contribution < -0.4 is 4.98 Å². The molecule has 0 aliphatic heterocycles. The summed E-state index contributed by atoms with van der Waals surface area (Å²) < 4.78 is 0.952. The smallest absolute Gasteiger partial charge is 0.0565 e. The van der Waals surface area contributed by atoms with Crippen LogP contribution in [0.3, 0.4) is 0 Å². The monoisotopic (exact) mass is 261 g/mol. The van der Waals surface area contributed by atoms with E-state index in [1.165, 1.54) is 0 Å². The first-order chi connectivity index (χ1) is 7.34. The average Bonchev–Trinajstić information content (AvgIpc) is 2.83. The molecule has 0 aliphatic carbocycles. The van der Waals surface area contributed by atoms with Gasteiger partial charge in [0.2, 0.25) is 0 Å². The lowest BCUT2D eigenvalue weighted by atomic mass is 10.1. The van der Waals surface area contributed by atoms with E-state index in [0.717, 1.165) is 26.6 Å². The molecule has 0 aliphatic rings. The topological polar surface area (TPSA) is 55.7 Å². The zero-order valence-corrected chi connectivity index (χ0v) is 9.19. The van der Waals surface area contributed by atoms with Gasteiger partial charge in [0, 0.05) is 16.2 Å². The average molecular weight is 262 g/mol. The third kappa shape index (κ3) is 1.35. The molecule has 0 fully saturated rings. The lowest BCUT2D eigenvalue weighted by Gasteiger charge is -2.01. The van der Waals surface area contributed by atoms with Crippen molar-refractivity contribution >= 4 is 27.0 Å². The molecule has 3 aromatic heterocycles. The van der Waals surface area contributed by atoms with Crippen LogP contribution in [-0.2, 0) is 0 Å². The molecular formula is C10H6BrN4-. The Morgan fingerprint density at radius 2 is 2.27 bits per heavy atom. The summed E-state index contributed by atoms with van der Waals surface area (Å²) in [6, 6.07) is 2.01. The van der Waals surface area contributed by atoms with Crippen molar-refractivity contribution in [3.05, 3.63) is 35.3 Å². The molecule has 0 bridgehead atoms. The van der Waals surface area contributed by atoms with Gasteiger partial charge in [0.05, 0.1) is 6.20 Å². The van der Waals surface area contributed by atoms with Crippen LogP contribution in [0.2, 0.25) is 0 Å². The first-order valence-corrected chi connectivity index (χ1v) is 5.20. The first-order valence-electron chi connectivity index (χ1n) is 4.41. The van der Waals surface area contributed by atoms with Gasteiger partial charge in [0.15, 0.2) is 0 Å². The lowest BCUT2D eigenvalue weighted by Crippen LogP contribution is -1.77. The number of H-pyrrole nitrogens is 1. The van der Waals surface area contributed by atoms with Gasteiger partial charge in [-0.15, -0.1) is 0 Å². The van der Waals surface area contributed by atoms with Gasteiger partial charge in [0.1, 0.15) is 0 Å². The van der Waals surface area contributed by atoms with E-state index in [4.69, 9.17) is 0 Å². The fourth-order valence-corrected chi connectivity index (χ4v) is 1.89. The number of aromatic amines is 1. The summed E-state index contributed by atoms with van der Waals surface area (Å²) in [7, 11) is 0. The molecule has 0 radical (unpaired) electrons. The summed E-state index contributed by atoms with van der Waals surface area (Å²) in [6.45, 7) is 0. The van der Waals surface area contributed by atoms with Crippen LogP contribution in [0, 0.1) is 0 Å². The highest BCUT2D eigenvalue weighted by Crippen LogP contribution is 2.27. The van der Waals surface area contributed by atoms with Crippen LogP contribution in [0.25, 0.3) is 22.2 Å². The van der Waals surface area contributed by atoms with E-state index in [1.54, 1.807) is 12.4 Å². The van der Waals surface area contributed by atoms with Crippen LogP contribution in [0.1, 0.15) is 0 Å². The third-order valence-corrected chi connectivity index (χ3v) is 2.68. The van der Waals surface area contributed by atoms with E-state index in [0.29, 0.717) is 0 Å². The summed E-state index contributed by atoms with van der Waals surface area (Å²) in [6.07, 6.45) is 7.18. The maximum atomic E-state index is 4.24. The summed E-state index contributed by atoms with van der Waals surface area (Å²) in [5.74, 6) is 0. The highest BCUT2D eigenvalue weighted by molar-refractivity contribution is 9.10. The predicted molar refractivity (Wildman–Crippen MR) is 60.3 cm³/mol. The van der Waals surface area contributed by atoms with E-state index >= 15 is 0 Å². The summed E-state index contributed by atoms with van der Waals surface area (Å²) >= 11 is 3.40. The fourth-order valence-electron chi connectivity index (χ4n) is 1.56. The van der Waals surface area contributed by atoms with Crippen LogP contribution in [-0.4, -0.2) is 15.2 Å². The molecule has 0 saturated carbocycles. The van der Waals surface area contributed by atoms with E-state index in [-0.39, 0.29) is 0 Å². The predicted octanol–water partition coefficient (Wildman–Crippen LogP) is 2.34. The van der Waals surface area contributed by atoms with Gasteiger partial charge in [0.25, 0.3) is 0 Å². The number of fused-ring (bicyclic) bond motifs is 1. The highest BCUT2D eigenvalue weighted by atomic mass is 79.9. The Morgan fingerprint density at radius 3 is 3.07 bits per heavy atom. The summed E-state index contributed by atoms with van der Waals surface area (Å²) in [4.78, 5) is 8.46. The van der Waals surface area contributed by atoms with Gasteiger partial charge < -0.3 is 9.97 Å². The second kappa shape index (κ2) is 3.20. The van der Waals surface area contributed by atoms with Crippen molar-refractivity contribution in [1.82, 2.24) is 20.2 Å². The molecule has 0 amide bonds. The van der Waals surface area contributed by atoms with Gasteiger partial charge >= 0.3 is 0 Å². The molecule has 0 aromatic carbocycles. The fraction of sp³-hybridized carbons (Fsp3) is 0. The van der Waals surface area contributed by atoms with Crippen LogP contribution in [0.4, 0.5) is 0 Å². The van der Waals surface area contributed by atoms with Crippen molar-refractivity contribution in [2.75, 3.05) is 0 Å². The van der Waals surface area contributed by atoms with Gasteiger partial charge in [-0.2, -0.15) is 5.10 Å². The maximum Gasteiger partial charge on any atom is 0.0565 e. The van der Waals surface area contributed by atoms with Crippen molar-refractivity contribution < 1.29 is 0 Å². The number of nitrogens with zero attached hydrogens (tertiary/aromatic N) is 3. The second-order valence-electron chi connectivity index (χ2n) is 3.18. The molecule has 0 saturated heterocycles. The number of nitrogens with one attached hydrogen (secondary N) is 1. The molecule has 74 valence electrons. The first kappa shape index (κ1) is 8.67. The Morgan fingerprint density at radius 1 is 1.33 bits per heavy atom. The molecule has 3 rings (SSSR count). The van der Waals surface area contributed by atoms with Gasteiger partial charge in [-0.3, -0.25) is 5.10 Å². The zero-order chi connectivity index (χ0) is 10.3. The Hall–Kier alpha value is -1.62. The van der Waals surface area contributed by atoms with Gasteiger partial charge in [-0.1, -0.05) is 34.0 Å². The minimum atomic E-state index is 0.759. The second-order valence-corrected chi connectivity index (χ2v) is 4.10. The Kier molecular flexibility index (Phi) is 1.85. The minimum Gasteiger partial charge on any atom is -0.442 e. The Labute approximate surface area is 93.9 Å². The molecule has 0 unspecified atom stereocenters. The Bertz CT molecular complexity index is 597. The molecule has 5 heteroatoms. The minimum absolute atomic E-state index is 0.759. The van der Waals surface area contributed by atoms with E-state index < -0.39 is 0 Å². The van der Waals surface area contributed by atoms with E-state index in [2.05, 4.69) is 36.1 Å². The molecule has 3 heterocycles. The summed E-state index contributed by atoms with van der Waals surface area (Å²) in [5, 5.41) is 7.74. The largest absolute Gasteiger partial charge is 0.442 e. The van der Waals surface area contributed by atoms with Crippen molar-refractivity contribution in [2.45, 2.75) is 0 Å². The normalized spacial score (nSPS) is 11.0. The quantitative estimate of drug-likeness (QED) is 0.732. The SMILES string of the molecule is Brc1cnc2[n-]cc(-c3cn[nH]c3)c2c1. The van der Waals surface area contributed by atoms with E-state index in [1.807, 2.05) is 18.5 Å². The van der Waals surface area contributed by atoms with Gasteiger partial charge in [-0.25, -0.2) is 0 Å². The Balaban J connectivity index is 2.32. The number of hydrogen-bond acceptors (Lipinski definition) is 2. The number of aromatic nitrogens is 4. The molecule has 15 heavy (non-hydrogen) atoms. The number of hydrogen-bond donors (Lipinski definition) is 1. The molecule has 1 N–H and O–H groups in total. The number of rotatable bonds is 1. The van der Waals surface area contributed by atoms with Crippen molar-refractivity contribution in [2.24, 2.45) is 0 Å². The van der Waals surface area contributed by atoms with Crippen LogP contribution >= 0.6 is 15.9 Å². The molecule has 3 aromatic rings. The standard InChI is InChI=1S/C10H6BrN4/c11-7-1-8-9(6-2-14-15-3-6)5-13-10(8)12-4-7/h1-5H,(H-,12,13,14,15)/q-1. The van der Waals surface area contributed by atoms with Crippen molar-refractivity contribution in [3.8, 4) is 11.1 Å².